The van der Waals surface area contributed by atoms with E-state index in [9.17, 15) is 4.79 Å². The van der Waals surface area contributed by atoms with Gasteiger partial charge in [0.05, 0.1) is 26.3 Å². The number of hydrogen-bond donors (Lipinski definition) is 3. The number of aliphatic hydroxyl groups excluding tert-OH is 1. The molecule has 0 bridgehead atoms. The lowest BCUT2D eigenvalue weighted by Crippen LogP contribution is -2.33. The fraction of sp³-hybridized carbons (Fsp3) is 0.308. The quantitative estimate of drug-likeness (QED) is 0.677. The van der Waals surface area contributed by atoms with Crippen LogP contribution in [0.4, 0.5) is 5.82 Å². The number of aromatic nitrogens is 2. The van der Waals surface area contributed by atoms with Crippen molar-refractivity contribution in [2.24, 2.45) is 0 Å². The molecule has 0 aliphatic heterocycles. The lowest BCUT2D eigenvalue weighted by atomic mass is 10.2. The predicted octanol–water partition coefficient (Wildman–Crippen LogP) is 1.16. The number of ether oxygens (including phenoxy) is 2. The van der Waals surface area contributed by atoms with Gasteiger partial charge in [0.25, 0.3) is 0 Å². The molecule has 22 heavy (non-hydrogen) atoms. The van der Waals surface area contributed by atoms with E-state index >= 15 is 0 Å². The molecule has 0 spiro atoms. The Kier molecular flexibility index (Phi) is 4.84. The summed E-state index contributed by atoms with van der Waals surface area (Å²) >= 11 is 5.86. The van der Waals surface area contributed by atoms with Crippen molar-refractivity contribution in [3.05, 3.63) is 17.4 Å². The first-order chi connectivity index (χ1) is 10.5. The maximum absolute atomic E-state index is 11.0. The van der Waals surface area contributed by atoms with E-state index in [4.69, 9.17) is 31.3 Å². The average Bonchev–Trinajstić information content (AvgIpc) is 2.50. The number of rotatable bonds is 6. The molecule has 0 saturated heterocycles. The first kappa shape index (κ1) is 16.1. The molecule has 8 nitrogen and oxygen atoms in total. The third-order valence-corrected chi connectivity index (χ3v) is 3.13. The number of halogens is 1. The Labute approximate surface area is 130 Å². The van der Waals surface area contributed by atoms with Crippen molar-refractivity contribution in [3.8, 4) is 11.5 Å². The van der Waals surface area contributed by atoms with Crippen molar-refractivity contribution >= 4 is 34.3 Å². The van der Waals surface area contributed by atoms with Gasteiger partial charge in [0.2, 0.25) is 5.28 Å². The topological polar surface area (TPSA) is 114 Å². The van der Waals surface area contributed by atoms with Gasteiger partial charge in [-0.1, -0.05) is 0 Å². The lowest BCUT2D eigenvalue weighted by molar-refractivity contribution is -0.138. The predicted molar refractivity (Wildman–Crippen MR) is 79.8 cm³/mol. The number of aliphatic hydroxyl groups is 1. The van der Waals surface area contributed by atoms with Gasteiger partial charge >= 0.3 is 5.97 Å². The summed E-state index contributed by atoms with van der Waals surface area (Å²) in [6.45, 7) is -0.605. The zero-order valence-electron chi connectivity index (χ0n) is 11.8. The molecule has 118 valence electrons. The molecule has 1 aromatic heterocycles. The van der Waals surface area contributed by atoms with Gasteiger partial charge in [0.15, 0.2) is 11.5 Å². The molecule has 2 rings (SSSR count). The van der Waals surface area contributed by atoms with Crippen molar-refractivity contribution in [2.75, 3.05) is 26.1 Å². The van der Waals surface area contributed by atoms with Crippen LogP contribution in [0.15, 0.2) is 12.1 Å². The lowest BCUT2D eigenvalue weighted by Gasteiger charge is -2.15. The third-order valence-electron chi connectivity index (χ3n) is 2.97. The van der Waals surface area contributed by atoms with Crippen LogP contribution >= 0.6 is 11.6 Å². The second kappa shape index (κ2) is 6.63. The van der Waals surface area contributed by atoms with Gasteiger partial charge in [0, 0.05) is 11.5 Å². The van der Waals surface area contributed by atoms with Crippen molar-refractivity contribution in [1.82, 2.24) is 9.97 Å². The Morgan fingerprint density at radius 3 is 2.50 bits per heavy atom. The van der Waals surface area contributed by atoms with Crippen LogP contribution in [0.1, 0.15) is 0 Å². The minimum atomic E-state index is -1.22. The zero-order valence-corrected chi connectivity index (χ0v) is 12.6. The summed E-state index contributed by atoms with van der Waals surface area (Å²) in [6, 6.07) is 1.98. The van der Waals surface area contributed by atoms with Crippen LogP contribution in [0.2, 0.25) is 5.28 Å². The summed E-state index contributed by atoms with van der Waals surface area (Å²) < 4.78 is 10.4. The van der Waals surface area contributed by atoms with Crippen LogP contribution < -0.4 is 14.8 Å². The maximum atomic E-state index is 11.0. The SMILES string of the molecule is COc1cc2nc(Cl)nc(NC(CO)C(=O)O)c2cc1OC. The smallest absolute Gasteiger partial charge is 0.328 e. The Morgan fingerprint density at radius 1 is 1.32 bits per heavy atom. The van der Waals surface area contributed by atoms with Crippen molar-refractivity contribution in [1.29, 1.82) is 0 Å². The number of nitrogens with one attached hydrogen (secondary N) is 1. The highest BCUT2D eigenvalue weighted by Crippen LogP contribution is 2.34. The highest BCUT2D eigenvalue weighted by molar-refractivity contribution is 6.28. The maximum Gasteiger partial charge on any atom is 0.328 e. The third kappa shape index (κ3) is 3.12. The molecule has 1 aromatic carbocycles. The number of hydrogen-bond acceptors (Lipinski definition) is 7. The summed E-state index contributed by atoms with van der Waals surface area (Å²) in [5.41, 5.74) is 0.447. The summed E-state index contributed by atoms with van der Waals surface area (Å²) in [6.07, 6.45) is 0. The normalized spacial score (nSPS) is 12.0. The van der Waals surface area contributed by atoms with E-state index in [0.717, 1.165) is 0 Å². The van der Waals surface area contributed by atoms with Gasteiger partial charge in [-0.3, -0.25) is 0 Å². The summed E-state index contributed by atoms with van der Waals surface area (Å²) in [5.74, 6) is -0.157. The highest BCUT2D eigenvalue weighted by atomic mass is 35.5. The van der Waals surface area contributed by atoms with Crippen LogP contribution in [0.5, 0.6) is 11.5 Å². The molecule has 3 N–H and O–H groups in total. The van der Waals surface area contributed by atoms with Gasteiger partial charge in [-0.15, -0.1) is 0 Å². The van der Waals surface area contributed by atoms with E-state index in [1.165, 1.54) is 14.2 Å². The minimum absolute atomic E-state index is 0.0655. The fourth-order valence-electron chi connectivity index (χ4n) is 1.89. The Bertz CT molecular complexity index is 710. The Morgan fingerprint density at radius 2 is 1.95 bits per heavy atom. The second-order valence-electron chi connectivity index (χ2n) is 4.28. The van der Waals surface area contributed by atoms with Crippen LogP contribution in [0.25, 0.3) is 10.9 Å². The van der Waals surface area contributed by atoms with Crippen molar-refractivity contribution in [2.45, 2.75) is 6.04 Å². The van der Waals surface area contributed by atoms with E-state index in [1.54, 1.807) is 12.1 Å². The number of nitrogens with zero attached hydrogens (tertiary/aromatic N) is 2. The minimum Gasteiger partial charge on any atom is -0.493 e. The van der Waals surface area contributed by atoms with Crippen LogP contribution in [-0.2, 0) is 4.79 Å². The summed E-state index contributed by atoms with van der Waals surface area (Å²) in [4.78, 5) is 19.1. The van der Waals surface area contributed by atoms with Crippen molar-refractivity contribution < 1.29 is 24.5 Å². The standard InChI is InChI=1S/C13H14ClN3O5/c1-21-9-3-6-7(4-10(9)22-2)16-13(14)17-11(6)15-8(5-18)12(19)20/h3-4,8,18H,5H2,1-2H3,(H,19,20)(H,15,16,17). The molecule has 0 radical (unpaired) electrons. The molecular weight excluding hydrogens is 314 g/mol. The number of anilines is 1. The Balaban J connectivity index is 2.60. The highest BCUT2D eigenvalue weighted by Gasteiger charge is 2.19. The van der Waals surface area contributed by atoms with E-state index in [0.29, 0.717) is 22.4 Å². The van der Waals surface area contributed by atoms with Gasteiger partial charge < -0.3 is 25.0 Å². The largest absolute Gasteiger partial charge is 0.493 e. The average molecular weight is 328 g/mol. The van der Waals surface area contributed by atoms with Crippen LogP contribution in [0.3, 0.4) is 0 Å². The van der Waals surface area contributed by atoms with Gasteiger partial charge in [-0.25, -0.2) is 14.8 Å². The monoisotopic (exact) mass is 327 g/mol. The molecule has 0 fully saturated rings. The number of carboxylic acid groups (broad SMARTS) is 1. The van der Waals surface area contributed by atoms with Gasteiger partial charge in [0.1, 0.15) is 11.9 Å². The molecule has 1 heterocycles. The molecule has 9 heteroatoms. The summed E-state index contributed by atoms with van der Waals surface area (Å²) in [5, 5.41) is 21.2. The number of carbonyl (C=O) groups is 1. The number of methoxy groups -OCH3 is 2. The first-order valence-corrected chi connectivity index (χ1v) is 6.57. The molecule has 0 amide bonds. The zero-order chi connectivity index (χ0) is 16.3. The molecule has 1 atom stereocenters. The molecule has 2 aromatic rings. The molecular formula is C13H14ClN3O5. The molecule has 0 aliphatic carbocycles. The van der Waals surface area contributed by atoms with E-state index in [-0.39, 0.29) is 11.1 Å². The first-order valence-electron chi connectivity index (χ1n) is 6.19. The second-order valence-corrected chi connectivity index (χ2v) is 4.62. The van der Waals surface area contributed by atoms with Gasteiger partial charge in [-0.05, 0) is 17.7 Å². The number of aliphatic carboxylic acids is 1. The van der Waals surface area contributed by atoms with Crippen LogP contribution in [-0.4, -0.2) is 53.0 Å². The van der Waals surface area contributed by atoms with E-state index < -0.39 is 18.6 Å². The van der Waals surface area contributed by atoms with Gasteiger partial charge in [-0.2, -0.15) is 0 Å². The van der Waals surface area contributed by atoms with E-state index in [1.807, 2.05) is 0 Å². The number of carboxylic acids is 1. The fourth-order valence-corrected chi connectivity index (χ4v) is 2.06. The van der Waals surface area contributed by atoms with Crippen molar-refractivity contribution in [3.63, 3.8) is 0 Å². The molecule has 0 aliphatic rings. The van der Waals surface area contributed by atoms with Crippen LogP contribution in [0, 0.1) is 0 Å². The molecule has 1 unspecified atom stereocenters. The summed E-state index contributed by atoms with van der Waals surface area (Å²) in [7, 11) is 2.96. The van der Waals surface area contributed by atoms with E-state index in [2.05, 4.69) is 15.3 Å². The number of fused-ring (bicyclic) bond motifs is 1. The molecule has 0 saturated carbocycles. The Hall–Kier alpha value is -2.32. The number of benzene rings is 1.